The van der Waals surface area contributed by atoms with Gasteiger partial charge < -0.3 is 14.9 Å². The van der Waals surface area contributed by atoms with Gasteiger partial charge in [-0.1, -0.05) is 12.2 Å². The Bertz CT molecular complexity index is 528. The van der Waals surface area contributed by atoms with E-state index in [4.69, 9.17) is 22.1 Å². The van der Waals surface area contributed by atoms with Crippen LogP contribution in [-0.4, -0.2) is 38.6 Å². The second-order valence-corrected chi connectivity index (χ2v) is 5.02. The van der Waals surface area contributed by atoms with Crippen LogP contribution in [0.3, 0.4) is 0 Å². The zero-order valence-electron chi connectivity index (χ0n) is 8.67. The number of nitrogens with one attached hydrogen (secondary N) is 1. The van der Waals surface area contributed by atoms with E-state index in [0.29, 0.717) is 9.11 Å². The molecule has 1 aliphatic rings. The van der Waals surface area contributed by atoms with Crippen LogP contribution in [-0.2, 0) is 4.74 Å². The maximum absolute atomic E-state index is 11.7. The molecule has 0 bridgehead atoms. The number of aromatic amines is 1. The first-order valence-electron chi connectivity index (χ1n) is 4.98. The number of aromatic nitrogens is 2. The Labute approximate surface area is 110 Å². The SMILES string of the molecule is O=c1[nH]c(=S)c(Br)cn1[C@@H]1C[C@@H](O)[C@H](CO)O1. The summed E-state index contributed by atoms with van der Waals surface area (Å²) in [6.45, 7) is -0.281. The number of aliphatic hydroxyl groups excluding tert-OH is 2. The lowest BCUT2D eigenvalue weighted by molar-refractivity contribution is -0.0459. The standard InChI is InChI=1S/C9H11BrN2O4S/c10-4-2-12(9(15)11-8(4)17)7-1-5(14)6(3-13)16-7/h2,5-7,13-14H,1,3H2,(H,11,15,17)/t5-,6+,7+/m1/s1. The lowest BCUT2D eigenvalue weighted by Crippen LogP contribution is -2.27. The van der Waals surface area contributed by atoms with E-state index in [1.165, 1.54) is 10.8 Å². The Balaban J connectivity index is 2.34. The third kappa shape index (κ3) is 2.50. The Kier molecular flexibility index (Phi) is 3.79. The van der Waals surface area contributed by atoms with Gasteiger partial charge in [-0.25, -0.2) is 4.79 Å². The van der Waals surface area contributed by atoms with E-state index in [2.05, 4.69) is 20.9 Å². The Hall–Kier alpha value is -0.540. The molecule has 0 aliphatic carbocycles. The molecule has 3 atom stereocenters. The van der Waals surface area contributed by atoms with Crippen LogP contribution in [0.15, 0.2) is 15.5 Å². The smallest absolute Gasteiger partial charge is 0.328 e. The first kappa shape index (κ1) is 12.9. The van der Waals surface area contributed by atoms with E-state index in [0.717, 1.165) is 0 Å². The summed E-state index contributed by atoms with van der Waals surface area (Å²) >= 11 is 8.11. The molecule has 94 valence electrons. The molecular weight excluding hydrogens is 312 g/mol. The second-order valence-electron chi connectivity index (χ2n) is 3.76. The number of aliphatic hydroxyl groups is 2. The van der Waals surface area contributed by atoms with Crippen molar-refractivity contribution in [3.8, 4) is 0 Å². The monoisotopic (exact) mass is 322 g/mol. The summed E-state index contributed by atoms with van der Waals surface area (Å²) in [6, 6.07) is 0. The van der Waals surface area contributed by atoms with Crippen molar-refractivity contribution in [3.05, 3.63) is 25.8 Å². The molecule has 8 heteroatoms. The van der Waals surface area contributed by atoms with Crippen molar-refractivity contribution in [1.82, 2.24) is 9.55 Å². The number of ether oxygens (including phenoxy) is 1. The van der Waals surface area contributed by atoms with Crippen molar-refractivity contribution in [2.75, 3.05) is 6.61 Å². The number of rotatable bonds is 2. The number of halogens is 1. The summed E-state index contributed by atoms with van der Waals surface area (Å²) in [6.07, 6.45) is -0.272. The topological polar surface area (TPSA) is 87.5 Å². The van der Waals surface area contributed by atoms with Gasteiger partial charge in [0.05, 0.1) is 17.2 Å². The van der Waals surface area contributed by atoms with E-state index in [1.54, 1.807) is 0 Å². The first-order valence-corrected chi connectivity index (χ1v) is 6.18. The maximum atomic E-state index is 11.7. The zero-order chi connectivity index (χ0) is 12.6. The number of hydrogen-bond donors (Lipinski definition) is 3. The highest BCUT2D eigenvalue weighted by Gasteiger charge is 2.34. The quantitative estimate of drug-likeness (QED) is 0.682. The average Bonchev–Trinajstić information content (AvgIpc) is 2.65. The van der Waals surface area contributed by atoms with Crippen LogP contribution in [0.1, 0.15) is 12.6 Å². The fourth-order valence-corrected chi connectivity index (χ4v) is 2.18. The molecular formula is C9H11BrN2O4S. The lowest BCUT2D eigenvalue weighted by atomic mass is 10.2. The van der Waals surface area contributed by atoms with Crippen molar-refractivity contribution in [2.45, 2.75) is 24.9 Å². The molecule has 2 heterocycles. The zero-order valence-corrected chi connectivity index (χ0v) is 11.1. The van der Waals surface area contributed by atoms with Gasteiger partial charge in [-0.2, -0.15) is 0 Å². The molecule has 1 aliphatic heterocycles. The first-order chi connectivity index (χ1) is 8.02. The van der Waals surface area contributed by atoms with Crippen LogP contribution < -0.4 is 5.69 Å². The van der Waals surface area contributed by atoms with E-state index in [-0.39, 0.29) is 13.0 Å². The lowest BCUT2D eigenvalue weighted by Gasteiger charge is -2.14. The summed E-state index contributed by atoms with van der Waals surface area (Å²) in [5.41, 5.74) is -0.408. The molecule has 0 radical (unpaired) electrons. The van der Waals surface area contributed by atoms with Gasteiger partial charge in [-0.05, 0) is 15.9 Å². The molecule has 1 saturated heterocycles. The fourth-order valence-electron chi connectivity index (χ4n) is 1.72. The highest BCUT2D eigenvalue weighted by atomic mass is 79.9. The minimum atomic E-state index is -0.779. The molecule has 6 nitrogen and oxygen atoms in total. The minimum absolute atomic E-state index is 0.252. The molecule has 0 amide bonds. The normalized spacial score (nSPS) is 28.5. The van der Waals surface area contributed by atoms with E-state index >= 15 is 0 Å². The molecule has 0 saturated carbocycles. The van der Waals surface area contributed by atoms with E-state index < -0.39 is 24.1 Å². The van der Waals surface area contributed by atoms with Gasteiger partial charge >= 0.3 is 5.69 Å². The van der Waals surface area contributed by atoms with Gasteiger partial charge in [0.2, 0.25) is 0 Å². The van der Waals surface area contributed by atoms with Crippen LogP contribution in [0.4, 0.5) is 0 Å². The Morgan fingerprint density at radius 1 is 1.71 bits per heavy atom. The van der Waals surface area contributed by atoms with Gasteiger partial charge in [0.25, 0.3) is 0 Å². The van der Waals surface area contributed by atoms with Gasteiger partial charge in [0.15, 0.2) is 0 Å². The molecule has 0 aromatic carbocycles. The third-order valence-electron chi connectivity index (χ3n) is 2.62. The maximum Gasteiger partial charge on any atom is 0.328 e. The predicted octanol–water partition coefficient (Wildman–Crippen LogP) is 0.309. The number of H-pyrrole nitrogens is 1. The fraction of sp³-hybridized carbons (Fsp3) is 0.556. The van der Waals surface area contributed by atoms with Gasteiger partial charge in [0.1, 0.15) is 17.0 Å². The van der Waals surface area contributed by atoms with E-state index in [1.807, 2.05) is 0 Å². The Morgan fingerprint density at radius 2 is 2.41 bits per heavy atom. The third-order valence-corrected chi connectivity index (χ3v) is 3.80. The van der Waals surface area contributed by atoms with Gasteiger partial charge in [-0.3, -0.25) is 9.55 Å². The Morgan fingerprint density at radius 3 is 3.00 bits per heavy atom. The van der Waals surface area contributed by atoms with Crippen molar-refractivity contribution in [2.24, 2.45) is 0 Å². The summed E-state index contributed by atoms with van der Waals surface area (Å²) < 4.78 is 7.55. The summed E-state index contributed by atoms with van der Waals surface area (Å²) in [5.74, 6) is 0. The summed E-state index contributed by atoms with van der Waals surface area (Å²) in [4.78, 5) is 14.2. The highest BCUT2D eigenvalue weighted by molar-refractivity contribution is 9.10. The minimum Gasteiger partial charge on any atom is -0.394 e. The van der Waals surface area contributed by atoms with Gasteiger partial charge in [0, 0.05) is 12.6 Å². The van der Waals surface area contributed by atoms with Crippen molar-refractivity contribution < 1.29 is 14.9 Å². The average molecular weight is 323 g/mol. The van der Waals surface area contributed by atoms with Crippen molar-refractivity contribution >= 4 is 28.1 Å². The molecule has 1 fully saturated rings. The van der Waals surface area contributed by atoms with Crippen molar-refractivity contribution in [1.29, 1.82) is 0 Å². The van der Waals surface area contributed by atoms with Crippen LogP contribution in [0.5, 0.6) is 0 Å². The molecule has 1 aromatic rings. The largest absolute Gasteiger partial charge is 0.394 e. The number of nitrogens with zero attached hydrogens (tertiary/aromatic N) is 1. The second kappa shape index (κ2) is 4.99. The molecule has 1 aromatic heterocycles. The van der Waals surface area contributed by atoms with Crippen LogP contribution in [0.2, 0.25) is 0 Å². The predicted molar refractivity (Wildman–Crippen MR) is 65.2 cm³/mol. The summed E-state index contributed by atoms with van der Waals surface area (Å²) in [5, 5.41) is 18.6. The van der Waals surface area contributed by atoms with Crippen LogP contribution in [0, 0.1) is 4.64 Å². The molecule has 0 unspecified atom stereocenters. The summed E-state index contributed by atoms with van der Waals surface area (Å²) in [7, 11) is 0. The molecule has 3 N–H and O–H groups in total. The molecule has 17 heavy (non-hydrogen) atoms. The number of hydrogen-bond acceptors (Lipinski definition) is 5. The van der Waals surface area contributed by atoms with E-state index in [9.17, 15) is 9.90 Å². The van der Waals surface area contributed by atoms with Crippen LogP contribution in [0.25, 0.3) is 0 Å². The van der Waals surface area contributed by atoms with Gasteiger partial charge in [-0.15, -0.1) is 0 Å². The molecule has 2 rings (SSSR count). The van der Waals surface area contributed by atoms with Crippen molar-refractivity contribution in [3.63, 3.8) is 0 Å². The highest BCUT2D eigenvalue weighted by Crippen LogP contribution is 2.27. The molecule has 0 spiro atoms. The van der Waals surface area contributed by atoms with Crippen LogP contribution >= 0.6 is 28.1 Å².